The standard InChI is InChI=1S/C16H18ClNO5.CH3N/c1-2-12-13(14(17)15(18-12)16(22)23)9-4-3-8(5-19)10(6-20)11(9)7-21;1-2/h3-4,18-21H,2,5-7H2,1H3,(H,22,23);2H,1H2. The van der Waals surface area contributed by atoms with Crippen LogP contribution in [0, 0.1) is 5.41 Å². The highest BCUT2D eigenvalue weighted by atomic mass is 35.5. The van der Waals surface area contributed by atoms with Crippen LogP contribution in [0.5, 0.6) is 0 Å². The first-order valence-corrected chi connectivity index (χ1v) is 7.83. The number of rotatable bonds is 6. The molecule has 0 saturated heterocycles. The number of aromatic carboxylic acids is 1. The molecule has 6 N–H and O–H groups in total. The molecular weight excluding hydrogens is 348 g/mol. The average molecular weight is 369 g/mol. The molecule has 1 heterocycles. The van der Waals surface area contributed by atoms with Gasteiger partial charge < -0.3 is 30.8 Å². The van der Waals surface area contributed by atoms with Gasteiger partial charge in [0.15, 0.2) is 0 Å². The lowest BCUT2D eigenvalue weighted by molar-refractivity contribution is 0.0691. The quantitative estimate of drug-likeness (QED) is 0.434. The van der Waals surface area contributed by atoms with Gasteiger partial charge in [-0.15, -0.1) is 0 Å². The van der Waals surface area contributed by atoms with Gasteiger partial charge in [-0.2, -0.15) is 0 Å². The number of aromatic amines is 1. The molecule has 1 aromatic heterocycles. The number of nitrogens with one attached hydrogen (secondary N) is 2. The van der Waals surface area contributed by atoms with Crippen LogP contribution in [0.2, 0.25) is 5.02 Å². The number of aliphatic hydroxyl groups is 3. The largest absolute Gasteiger partial charge is 0.477 e. The van der Waals surface area contributed by atoms with Crippen LogP contribution in [0.25, 0.3) is 11.1 Å². The molecule has 0 spiro atoms. The van der Waals surface area contributed by atoms with Gasteiger partial charge in [0.25, 0.3) is 0 Å². The molecule has 136 valence electrons. The molecule has 7 nitrogen and oxygen atoms in total. The predicted octanol–water partition coefficient (Wildman–Crippen LogP) is 2.34. The summed E-state index contributed by atoms with van der Waals surface area (Å²) in [5, 5.41) is 43.4. The molecule has 0 fully saturated rings. The molecule has 2 aromatic rings. The molecule has 0 aliphatic carbocycles. The lowest BCUT2D eigenvalue weighted by Gasteiger charge is -2.16. The van der Waals surface area contributed by atoms with Gasteiger partial charge in [0.05, 0.1) is 24.8 Å². The molecule has 0 aliphatic heterocycles. The Balaban J connectivity index is 0.00000151. The Morgan fingerprint density at radius 3 is 2.20 bits per heavy atom. The number of carbonyl (C=O) groups is 1. The van der Waals surface area contributed by atoms with Crippen LogP contribution in [0.15, 0.2) is 12.1 Å². The number of aryl methyl sites for hydroxylation is 1. The second-order valence-corrected chi connectivity index (χ2v) is 5.41. The number of halogens is 1. The van der Waals surface area contributed by atoms with E-state index in [0.717, 1.165) is 0 Å². The van der Waals surface area contributed by atoms with E-state index >= 15 is 0 Å². The third kappa shape index (κ3) is 3.91. The third-order valence-electron chi connectivity index (χ3n) is 3.87. The highest BCUT2D eigenvalue weighted by Crippen LogP contribution is 2.38. The summed E-state index contributed by atoms with van der Waals surface area (Å²) >= 11 is 6.23. The van der Waals surface area contributed by atoms with Gasteiger partial charge in [-0.3, -0.25) is 0 Å². The van der Waals surface area contributed by atoms with Gasteiger partial charge in [-0.1, -0.05) is 30.7 Å². The molecule has 0 amide bonds. The van der Waals surface area contributed by atoms with Crippen molar-refractivity contribution in [3.63, 3.8) is 0 Å². The van der Waals surface area contributed by atoms with Crippen LogP contribution < -0.4 is 0 Å². The number of aromatic nitrogens is 1. The van der Waals surface area contributed by atoms with Gasteiger partial charge in [0, 0.05) is 11.3 Å². The fourth-order valence-electron chi connectivity index (χ4n) is 2.72. The maximum absolute atomic E-state index is 11.3. The summed E-state index contributed by atoms with van der Waals surface area (Å²) in [6.45, 7) is 3.36. The molecule has 0 aliphatic rings. The molecule has 0 unspecified atom stereocenters. The van der Waals surface area contributed by atoms with Crippen LogP contribution in [-0.2, 0) is 26.2 Å². The van der Waals surface area contributed by atoms with Crippen molar-refractivity contribution in [3.8, 4) is 11.1 Å². The Morgan fingerprint density at radius 1 is 1.16 bits per heavy atom. The van der Waals surface area contributed by atoms with Crippen molar-refractivity contribution in [2.24, 2.45) is 0 Å². The first kappa shape index (κ1) is 20.9. The van der Waals surface area contributed by atoms with Gasteiger partial charge >= 0.3 is 5.97 Å². The maximum atomic E-state index is 11.3. The zero-order chi connectivity index (χ0) is 19.1. The summed E-state index contributed by atoms with van der Waals surface area (Å²) in [7, 11) is 0. The molecular formula is C17H21ClN2O5. The molecule has 2 rings (SSSR count). The second kappa shape index (κ2) is 9.33. The van der Waals surface area contributed by atoms with Crippen LogP contribution in [0.1, 0.15) is 39.8 Å². The summed E-state index contributed by atoms with van der Waals surface area (Å²) in [5.41, 5.74) is 2.90. The smallest absolute Gasteiger partial charge is 0.353 e. The first-order valence-electron chi connectivity index (χ1n) is 7.45. The van der Waals surface area contributed by atoms with E-state index in [0.29, 0.717) is 39.9 Å². The molecule has 0 radical (unpaired) electrons. The molecule has 1 aromatic carbocycles. The van der Waals surface area contributed by atoms with E-state index in [1.165, 1.54) is 0 Å². The van der Waals surface area contributed by atoms with Gasteiger partial charge in [0.2, 0.25) is 0 Å². The molecule has 25 heavy (non-hydrogen) atoms. The van der Waals surface area contributed by atoms with E-state index in [1.807, 2.05) is 6.92 Å². The summed E-state index contributed by atoms with van der Waals surface area (Å²) in [6, 6.07) is 3.29. The molecule has 8 heteroatoms. The molecule has 0 atom stereocenters. The Hall–Kier alpha value is -2.19. The highest BCUT2D eigenvalue weighted by Gasteiger charge is 2.24. The van der Waals surface area contributed by atoms with Crippen molar-refractivity contribution in [2.45, 2.75) is 33.2 Å². The lowest BCUT2D eigenvalue weighted by Crippen LogP contribution is -2.03. The number of carboxylic acids is 1. The number of hydrogen-bond acceptors (Lipinski definition) is 5. The van der Waals surface area contributed by atoms with E-state index < -0.39 is 5.97 Å². The number of hydrogen-bond donors (Lipinski definition) is 6. The third-order valence-corrected chi connectivity index (χ3v) is 4.25. The Labute approximate surface area is 150 Å². The monoisotopic (exact) mass is 368 g/mol. The zero-order valence-electron chi connectivity index (χ0n) is 13.8. The number of aliphatic hydroxyl groups excluding tert-OH is 3. The fourth-order valence-corrected chi connectivity index (χ4v) is 3.06. The minimum absolute atomic E-state index is 0.0599. The van der Waals surface area contributed by atoms with Crippen LogP contribution in [0.4, 0.5) is 0 Å². The van der Waals surface area contributed by atoms with Crippen molar-refractivity contribution in [2.75, 3.05) is 0 Å². The summed E-state index contributed by atoms with van der Waals surface area (Å²) in [5.74, 6) is -1.17. The van der Waals surface area contributed by atoms with E-state index in [4.69, 9.17) is 17.0 Å². The van der Waals surface area contributed by atoms with Crippen molar-refractivity contribution in [1.82, 2.24) is 4.98 Å². The van der Waals surface area contributed by atoms with E-state index in [2.05, 4.69) is 11.7 Å². The minimum atomic E-state index is -1.17. The summed E-state index contributed by atoms with van der Waals surface area (Å²) in [4.78, 5) is 14.1. The van der Waals surface area contributed by atoms with Crippen LogP contribution in [0.3, 0.4) is 0 Å². The van der Waals surface area contributed by atoms with Gasteiger partial charge in [-0.05, 0) is 35.4 Å². The zero-order valence-corrected chi connectivity index (χ0v) is 14.5. The van der Waals surface area contributed by atoms with Crippen LogP contribution >= 0.6 is 11.6 Å². The number of benzene rings is 1. The predicted molar refractivity (Wildman–Crippen MR) is 95.2 cm³/mol. The highest BCUT2D eigenvalue weighted by molar-refractivity contribution is 6.36. The van der Waals surface area contributed by atoms with E-state index in [9.17, 15) is 25.2 Å². The first-order chi connectivity index (χ1) is 12.0. The Kier molecular flexibility index (Phi) is 7.79. The summed E-state index contributed by atoms with van der Waals surface area (Å²) in [6.07, 6.45) is 0.517. The topological polar surface area (TPSA) is 138 Å². The maximum Gasteiger partial charge on any atom is 0.353 e. The number of H-pyrrole nitrogens is 1. The van der Waals surface area contributed by atoms with Gasteiger partial charge in [0.1, 0.15) is 5.69 Å². The number of carboxylic acid groups (broad SMARTS) is 1. The van der Waals surface area contributed by atoms with E-state index in [-0.39, 0.29) is 30.5 Å². The van der Waals surface area contributed by atoms with Crippen molar-refractivity contribution in [3.05, 3.63) is 45.2 Å². The van der Waals surface area contributed by atoms with E-state index in [1.54, 1.807) is 12.1 Å². The Bertz CT molecular complexity index is 758. The average Bonchev–Trinajstić information content (AvgIpc) is 2.98. The van der Waals surface area contributed by atoms with Crippen molar-refractivity contribution in [1.29, 1.82) is 5.41 Å². The minimum Gasteiger partial charge on any atom is -0.477 e. The lowest BCUT2D eigenvalue weighted by atomic mass is 9.92. The molecule has 0 saturated carbocycles. The second-order valence-electron chi connectivity index (χ2n) is 5.03. The van der Waals surface area contributed by atoms with Crippen LogP contribution in [-0.4, -0.2) is 38.1 Å². The molecule has 0 bridgehead atoms. The van der Waals surface area contributed by atoms with Gasteiger partial charge in [-0.25, -0.2) is 4.79 Å². The SMILES string of the molecule is C=N.CCc1[nH]c(C(=O)O)c(Cl)c1-c1ccc(CO)c(CO)c1CO. The Morgan fingerprint density at radius 2 is 1.76 bits per heavy atom. The summed E-state index contributed by atoms with van der Waals surface area (Å²) < 4.78 is 0. The van der Waals surface area contributed by atoms with Crippen molar-refractivity contribution >= 4 is 24.3 Å². The normalized spacial score (nSPS) is 10.3. The fraction of sp³-hybridized carbons (Fsp3) is 0.294. The van der Waals surface area contributed by atoms with Crippen molar-refractivity contribution < 1.29 is 25.2 Å².